The zero-order valence-electron chi connectivity index (χ0n) is 10.2. The molecule has 0 amide bonds. The van der Waals surface area contributed by atoms with Crippen LogP contribution >= 0.6 is 11.3 Å². The van der Waals surface area contributed by atoms with E-state index >= 15 is 0 Å². The first-order valence-electron chi connectivity index (χ1n) is 5.51. The summed E-state index contributed by atoms with van der Waals surface area (Å²) in [5.41, 5.74) is 1.79. The fourth-order valence-electron chi connectivity index (χ4n) is 1.98. The summed E-state index contributed by atoms with van der Waals surface area (Å²) in [7, 11) is 1.62. The summed E-state index contributed by atoms with van der Waals surface area (Å²) in [6.07, 6.45) is -0.615. The second kappa shape index (κ2) is 4.90. The van der Waals surface area contributed by atoms with Crippen LogP contribution in [0.4, 0.5) is 0 Å². The lowest BCUT2D eigenvalue weighted by Gasteiger charge is -2.14. The van der Waals surface area contributed by atoms with E-state index in [1.165, 1.54) is 4.88 Å². The highest BCUT2D eigenvalue weighted by Crippen LogP contribution is 2.34. The highest BCUT2D eigenvalue weighted by molar-refractivity contribution is 7.12. The Morgan fingerprint density at radius 3 is 2.47 bits per heavy atom. The van der Waals surface area contributed by atoms with Gasteiger partial charge in [0, 0.05) is 15.3 Å². The zero-order valence-corrected chi connectivity index (χ0v) is 11.0. The maximum absolute atomic E-state index is 10.4. The number of para-hydroxylation sites is 1. The molecule has 0 spiro atoms. The number of hydrogen-bond acceptors (Lipinski definition) is 3. The fourth-order valence-corrected chi connectivity index (χ4v) is 2.94. The molecule has 0 fully saturated rings. The molecular weight excluding hydrogens is 232 g/mol. The highest BCUT2D eigenvalue weighted by Gasteiger charge is 2.18. The van der Waals surface area contributed by atoms with Gasteiger partial charge in [-0.25, -0.2) is 0 Å². The monoisotopic (exact) mass is 248 g/mol. The molecule has 2 aromatic rings. The van der Waals surface area contributed by atoms with Crippen LogP contribution in [0.5, 0.6) is 5.75 Å². The fraction of sp³-hybridized carbons (Fsp3) is 0.286. The lowest BCUT2D eigenvalue weighted by molar-refractivity contribution is 0.214. The Morgan fingerprint density at radius 1 is 1.18 bits per heavy atom. The molecule has 2 rings (SSSR count). The molecule has 0 saturated heterocycles. The number of aryl methyl sites for hydroxylation is 2. The van der Waals surface area contributed by atoms with Crippen LogP contribution in [0, 0.1) is 13.8 Å². The summed E-state index contributed by atoms with van der Waals surface area (Å²) in [6, 6.07) is 9.62. The SMILES string of the molecule is COc1ccccc1C(O)c1cc(C)sc1C. The summed E-state index contributed by atoms with van der Waals surface area (Å²) < 4.78 is 5.28. The third-order valence-corrected chi connectivity index (χ3v) is 3.79. The van der Waals surface area contributed by atoms with E-state index in [9.17, 15) is 5.11 Å². The van der Waals surface area contributed by atoms with Crippen molar-refractivity contribution < 1.29 is 9.84 Å². The number of aliphatic hydroxyl groups is 1. The van der Waals surface area contributed by atoms with Gasteiger partial charge in [0.1, 0.15) is 11.9 Å². The van der Waals surface area contributed by atoms with Crippen LogP contribution in [0.2, 0.25) is 0 Å². The molecule has 1 unspecified atom stereocenters. The topological polar surface area (TPSA) is 29.5 Å². The van der Waals surface area contributed by atoms with Crippen LogP contribution in [-0.4, -0.2) is 12.2 Å². The molecule has 0 aliphatic carbocycles. The molecule has 1 atom stereocenters. The van der Waals surface area contributed by atoms with E-state index in [2.05, 4.69) is 6.92 Å². The predicted octanol–water partition coefficient (Wildman–Crippen LogP) is 3.46. The van der Waals surface area contributed by atoms with Crippen molar-refractivity contribution in [2.24, 2.45) is 0 Å². The number of rotatable bonds is 3. The van der Waals surface area contributed by atoms with Crippen molar-refractivity contribution in [2.75, 3.05) is 7.11 Å². The van der Waals surface area contributed by atoms with Crippen molar-refractivity contribution in [2.45, 2.75) is 20.0 Å². The van der Waals surface area contributed by atoms with Gasteiger partial charge in [-0.1, -0.05) is 18.2 Å². The summed E-state index contributed by atoms with van der Waals surface area (Å²) >= 11 is 1.70. The van der Waals surface area contributed by atoms with E-state index in [1.54, 1.807) is 18.4 Å². The number of benzene rings is 1. The second-order valence-corrected chi connectivity index (χ2v) is 5.47. The minimum absolute atomic E-state index is 0.615. The number of aliphatic hydroxyl groups excluding tert-OH is 1. The van der Waals surface area contributed by atoms with Gasteiger partial charge in [-0.3, -0.25) is 0 Å². The molecule has 0 radical (unpaired) electrons. The molecule has 0 aliphatic heterocycles. The molecule has 90 valence electrons. The lowest BCUT2D eigenvalue weighted by Crippen LogP contribution is -2.02. The normalized spacial score (nSPS) is 12.5. The Hall–Kier alpha value is -1.32. The summed E-state index contributed by atoms with van der Waals surface area (Å²) in [4.78, 5) is 2.37. The molecule has 0 bridgehead atoms. The van der Waals surface area contributed by atoms with Crippen molar-refractivity contribution in [3.05, 3.63) is 51.2 Å². The molecule has 1 N–H and O–H groups in total. The van der Waals surface area contributed by atoms with Crippen LogP contribution in [0.25, 0.3) is 0 Å². The first-order chi connectivity index (χ1) is 8.13. The number of methoxy groups -OCH3 is 1. The largest absolute Gasteiger partial charge is 0.496 e. The minimum Gasteiger partial charge on any atom is -0.496 e. The van der Waals surface area contributed by atoms with Crippen molar-refractivity contribution in [1.82, 2.24) is 0 Å². The van der Waals surface area contributed by atoms with Gasteiger partial charge in [0.05, 0.1) is 7.11 Å². The highest BCUT2D eigenvalue weighted by atomic mass is 32.1. The van der Waals surface area contributed by atoms with Crippen LogP contribution in [0.15, 0.2) is 30.3 Å². The van der Waals surface area contributed by atoms with Crippen molar-refractivity contribution in [3.8, 4) is 5.75 Å². The average molecular weight is 248 g/mol. The van der Waals surface area contributed by atoms with E-state index in [1.807, 2.05) is 37.3 Å². The number of hydrogen-bond donors (Lipinski definition) is 1. The van der Waals surface area contributed by atoms with Crippen LogP contribution in [0.1, 0.15) is 27.0 Å². The van der Waals surface area contributed by atoms with E-state index in [0.717, 1.165) is 21.8 Å². The smallest absolute Gasteiger partial charge is 0.125 e. The van der Waals surface area contributed by atoms with Gasteiger partial charge in [-0.05, 0) is 31.5 Å². The Kier molecular flexibility index (Phi) is 3.50. The van der Waals surface area contributed by atoms with Gasteiger partial charge in [0.15, 0.2) is 0 Å². The Morgan fingerprint density at radius 2 is 1.88 bits per heavy atom. The molecule has 1 heterocycles. The minimum atomic E-state index is -0.615. The Balaban J connectivity index is 2.43. The molecule has 17 heavy (non-hydrogen) atoms. The molecule has 2 nitrogen and oxygen atoms in total. The van der Waals surface area contributed by atoms with E-state index in [4.69, 9.17) is 4.74 Å². The predicted molar refractivity (Wildman–Crippen MR) is 70.8 cm³/mol. The van der Waals surface area contributed by atoms with Crippen molar-refractivity contribution in [1.29, 1.82) is 0 Å². The van der Waals surface area contributed by atoms with Gasteiger partial charge in [0.25, 0.3) is 0 Å². The zero-order chi connectivity index (χ0) is 12.4. The van der Waals surface area contributed by atoms with Gasteiger partial charge in [-0.15, -0.1) is 11.3 Å². The Labute approximate surface area is 105 Å². The van der Waals surface area contributed by atoms with Crippen LogP contribution in [0.3, 0.4) is 0 Å². The first kappa shape index (κ1) is 12.1. The van der Waals surface area contributed by atoms with E-state index in [0.29, 0.717) is 0 Å². The molecular formula is C14H16O2S. The summed E-state index contributed by atoms with van der Waals surface area (Å²) in [6.45, 7) is 4.09. The number of thiophene rings is 1. The first-order valence-corrected chi connectivity index (χ1v) is 6.33. The van der Waals surface area contributed by atoms with Crippen LogP contribution in [-0.2, 0) is 0 Å². The van der Waals surface area contributed by atoms with Crippen molar-refractivity contribution in [3.63, 3.8) is 0 Å². The van der Waals surface area contributed by atoms with E-state index < -0.39 is 6.10 Å². The van der Waals surface area contributed by atoms with Crippen molar-refractivity contribution >= 4 is 11.3 Å². The number of ether oxygens (including phenoxy) is 1. The van der Waals surface area contributed by atoms with Gasteiger partial charge in [0.2, 0.25) is 0 Å². The Bertz CT molecular complexity index is 517. The summed E-state index contributed by atoms with van der Waals surface area (Å²) in [5.74, 6) is 0.725. The molecule has 1 aromatic heterocycles. The maximum atomic E-state index is 10.4. The lowest BCUT2D eigenvalue weighted by atomic mass is 10.0. The van der Waals surface area contributed by atoms with Crippen LogP contribution < -0.4 is 4.74 Å². The van der Waals surface area contributed by atoms with E-state index in [-0.39, 0.29) is 0 Å². The average Bonchev–Trinajstić information content (AvgIpc) is 2.67. The third-order valence-electron chi connectivity index (χ3n) is 2.81. The molecule has 3 heteroatoms. The molecule has 1 aromatic carbocycles. The third kappa shape index (κ3) is 2.35. The maximum Gasteiger partial charge on any atom is 0.125 e. The second-order valence-electron chi connectivity index (χ2n) is 4.01. The molecule has 0 aliphatic rings. The van der Waals surface area contributed by atoms with Gasteiger partial charge < -0.3 is 9.84 Å². The quantitative estimate of drug-likeness (QED) is 0.901. The van der Waals surface area contributed by atoms with Gasteiger partial charge in [-0.2, -0.15) is 0 Å². The van der Waals surface area contributed by atoms with Gasteiger partial charge >= 0.3 is 0 Å². The standard InChI is InChI=1S/C14H16O2S/c1-9-8-12(10(2)17-9)14(15)11-6-4-5-7-13(11)16-3/h4-8,14-15H,1-3H3. The summed E-state index contributed by atoms with van der Waals surface area (Å²) in [5, 5.41) is 10.4. The molecule has 0 saturated carbocycles.